The van der Waals surface area contributed by atoms with E-state index in [9.17, 15) is 0 Å². The van der Waals surface area contributed by atoms with E-state index in [-0.39, 0.29) is 0 Å². The number of aryl methyl sites for hydroxylation is 2. The van der Waals surface area contributed by atoms with Gasteiger partial charge in [0.1, 0.15) is 5.15 Å². The van der Waals surface area contributed by atoms with Crippen LogP contribution in [0, 0.1) is 6.92 Å². The highest BCUT2D eigenvalue weighted by Crippen LogP contribution is 2.31. The zero-order chi connectivity index (χ0) is 13.9. The smallest absolute Gasteiger partial charge is 0.132 e. The maximum atomic E-state index is 5.99. The molecule has 1 N–H and O–H groups in total. The molecule has 2 aromatic rings. The molecule has 0 bridgehead atoms. The number of nitrogens with one attached hydrogen (secondary N) is 1. The van der Waals surface area contributed by atoms with Gasteiger partial charge < -0.3 is 5.32 Å². The van der Waals surface area contributed by atoms with E-state index in [2.05, 4.69) is 40.6 Å². The molecule has 104 valence electrons. The van der Waals surface area contributed by atoms with Crippen molar-refractivity contribution in [2.45, 2.75) is 38.6 Å². The van der Waals surface area contributed by atoms with Crippen LogP contribution in [0.25, 0.3) is 0 Å². The highest BCUT2D eigenvalue weighted by molar-refractivity contribution is 6.30. The standard InChI is InChI=1S/C17H19ClN2/c1-12-10-14(11-19-17(12)18)20-16-9-5-3-7-13-6-2-4-8-15(13)16/h2,4,6,8,10-11,16,20H,3,5,7,9H2,1H3. The molecular weight excluding hydrogens is 268 g/mol. The molecule has 20 heavy (non-hydrogen) atoms. The molecule has 1 heterocycles. The number of anilines is 1. The Hall–Kier alpha value is -1.54. The van der Waals surface area contributed by atoms with Gasteiger partial charge in [-0.2, -0.15) is 0 Å². The lowest BCUT2D eigenvalue weighted by Gasteiger charge is -2.20. The first kappa shape index (κ1) is 13.4. The lowest BCUT2D eigenvalue weighted by atomic mass is 9.99. The van der Waals surface area contributed by atoms with E-state index in [0.717, 1.165) is 11.3 Å². The number of halogens is 1. The Kier molecular flexibility index (Phi) is 3.93. The highest BCUT2D eigenvalue weighted by atomic mass is 35.5. The topological polar surface area (TPSA) is 24.9 Å². The van der Waals surface area contributed by atoms with E-state index in [0.29, 0.717) is 11.2 Å². The second-order valence-electron chi connectivity index (χ2n) is 5.47. The Morgan fingerprint density at radius 1 is 1.25 bits per heavy atom. The van der Waals surface area contributed by atoms with Gasteiger partial charge in [-0.15, -0.1) is 0 Å². The number of hydrogen-bond acceptors (Lipinski definition) is 2. The van der Waals surface area contributed by atoms with Crippen LogP contribution < -0.4 is 5.32 Å². The molecule has 1 unspecified atom stereocenters. The van der Waals surface area contributed by atoms with Gasteiger partial charge in [0.05, 0.1) is 17.9 Å². The van der Waals surface area contributed by atoms with Gasteiger partial charge in [0.25, 0.3) is 0 Å². The lowest BCUT2D eigenvalue weighted by Crippen LogP contribution is -2.11. The van der Waals surface area contributed by atoms with Crippen LogP contribution in [0.15, 0.2) is 36.5 Å². The zero-order valence-electron chi connectivity index (χ0n) is 11.7. The van der Waals surface area contributed by atoms with Crippen LogP contribution in [-0.4, -0.2) is 4.98 Å². The van der Waals surface area contributed by atoms with Crippen LogP contribution in [0.2, 0.25) is 5.15 Å². The van der Waals surface area contributed by atoms with Crippen molar-refractivity contribution >= 4 is 17.3 Å². The second-order valence-corrected chi connectivity index (χ2v) is 5.83. The normalized spacial score (nSPS) is 18.2. The van der Waals surface area contributed by atoms with Crippen molar-refractivity contribution in [3.8, 4) is 0 Å². The predicted molar refractivity (Wildman–Crippen MR) is 84.3 cm³/mol. The average Bonchev–Trinajstić information content (AvgIpc) is 2.66. The van der Waals surface area contributed by atoms with Crippen molar-refractivity contribution in [2.24, 2.45) is 0 Å². The molecule has 0 spiro atoms. The molecule has 3 heteroatoms. The fourth-order valence-electron chi connectivity index (χ4n) is 2.91. The van der Waals surface area contributed by atoms with Crippen molar-refractivity contribution in [3.63, 3.8) is 0 Å². The molecule has 0 saturated heterocycles. The first-order valence-electron chi connectivity index (χ1n) is 7.20. The van der Waals surface area contributed by atoms with Crippen LogP contribution in [0.3, 0.4) is 0 Å². The van der Waals surface area contributed by atoms with Crippen molar-refractivity contribution in [3.05, 3.63) is 58.4 Å². The van der Waals surface area contributed by atoms with Crippen LogP contribution >= 0.6 is 11.6 Å². The number of nitrogens with zero attached hydrogens (tertiary/aromatic N) is 1. The minimum absolute atomic E-state index is 0.371. The molecule has 1 aromatic heterocycles. The quantitative estimate of drug-likeness (QED) is 0.626. The number of aromatic nitrogens is 1. The molecule has 0 aliphatic heterocycles. The van der Waals surface area contributed by atoms with Gasteiger partial charge in [-0.3, -0.25) is 0 Å². The van der Waals surface area contributed by atoms with Crippen LogP contribution in [-0.2, 0) is 6.42 Å². The van der Waals surface area contributed by atoms with E-state index in [1.54, 1.807) is 0 Å². The summed E-state index contributed by atoms with van der Waals surface area (Å²) in [4.78, 5) is 4.23. The maximum Gasteiger partial charge on any atom is 0.132 e. The minimum Gasteiger partial charge on any atom is -0.377 e. The molecule has 0 amide bonds. The summed E-state index contributed by atoms with van der Waals surface area (Å²) in [6, 6.07) is 11.2. The maximum absolute atomic E-state index is 5.99. The molecule has 0 saturated carbocycles. The predicted octanol–water partition coefficient (Wildman–Crippen LogP) is 4.92. The SMILES string of the molecule is Cc1cc(NC2CCCCc3ccccc32)cnc1Cl. The summed E-state index contributed by atoms with van der Waals surface area (Å²) in [7, 11) is 0. The summed E-state index contributed by atoms with van der Waals surface area (Å²) in [6.07, 6.45) is 6.70. The molecule has 0 fully saturated rings. The molecule has 1 aliphatic carbocycles. The van der Waals surface area contributed by atoms with E-state index < -0.39 is 0 Å². The molecular formula is C17H19ClN2. The van der Waals surface area contributed by atoms with Crippen LogP contribution in [0.4, 0.5) is 5.69 Å². The third kappa shape index (κ3) is 2.80. The molecule has 1 aliphatic rings. The van der Waals surface area contributed by atoms with Crippen molar-refractivity contribution in [2.75, 3.05) is 5.32 Å². The Labute approximate surface area is 125 Å². The van der Waals surface area contributed by atoms with E-state index in [1.165, 1.54) is 36.8 Å². The summed E-state index contributed by atoms with van der Waals surface area (Å²) in [5, 5.41) is 4.20. The Bertz CT molecular complexity index is 610. The molecule has 1 aromatic carbocycles. The van der Waals surface area contributed by atoms with E-state index >= 15 is 0 Å². The van der Waals surface area contributed by atoms with Crippen LogP contribution in [0.5, 0.6) is 0 Å². The van der Waals surface area contributed by atoms with Gasteiger partial charge >= 0.3 is 0 Å². The van der Waals surface area contributed by atoms with Gasteiger partial charge in [0, 0.05) is 0 Å². The van der Waals surface area contributed by atoms with Gasteiger partial charge in [-0.1, -0.05) is 42.3 Å². The molecule has 3 rings (SSSR count). The third-order valence-electron chi connectivity index (χ3n) is 3.97. The summed E-state index contributed by atoms with van der Waals surface area (Å²) in [5.74, 6) is 0. The van der Waals surface area contributed by atoms with Gasteiger partial charge in [0.2, 0.25) is 0 Å². The average molecular weight is 287 g/mol. The molecule has 0 radical (unpaired) electrons. The number of fused-ring (bicyclic) bond motifs is 1. The fraction of sp³-hybridized carbons (Fsp3) is 0.353. The summed E-state index contributed by atoms with van der Waals surface area (Å²) in [6.45, 7) is 1.99. The van der Waals surface area contributed by atoms with Gasteiger partial charge in [0.15, 0.2) is 0 Å². The fourth-order valence-corrected chi connectivity index (χ4v) is 3.01. The Morgan fingerprint density at radius 3 is 2.95 bits per heavy atom. The number of benzene rings is 1. The van der Waals surface area contributed by atoms with Crippen molar-refractivity contribution in [1.29, 1.82) is 0 Å². The minimum atomic E-state index is 0.371. The lowest BCUT2D eigenvalue weighted by molar-refractivity contribution is 0.644. The van der Waals surface area contributed by atoms with Crippen LogP contribution in [0.1, 0.15) is 42.0 Å². The van der Waals surface area contributed by atoms with Gasteiger partial charge in [-0.25, -0.2) is 4.98 Å². The first-order chi connectivity index (χ1) is 9.74. The molecule has 1 atom stereocenters. The first-order valence-corrected chi connectivity index (χ1v) is 7.58. The van der Waals surface area contributed by atoms with E-state index in [4.69, 9.17) is 11.6 Å². The number of rotatable bonds is 2. The van der Waals surface area contributed by atoms with Crippen molar-refractivity contribution < 1.29 is 0 Å². The number of hydrogen-bond donors (Lipinski definition) is 1. The van der Waals surface area contributed by atoms with Gasteiger partial charge in [-0.05, 0) is 48.9 Å². The second kappa shape index (κ2) is 5.84. The summed E-state index contributed by atoms with van der Waals surface area (Å²) in [5.41, 5.74) is 4.96. The van der Waals surface area contributed by atoms with Crippen molar-refractivity contribution in [1.82, 2.24) is 4.98 Å². The summed E-state index contributed by atoms with van der Waals surface area (Å²) >= 11 is 5.99. The summed E-state index contributed by atoms with van der Waals surface area (Å²) < 4.78 is 0. The number of pyridine rings is 1. The monoisotopic (exact) mass is 286 g/mol. The molecule has 2 nitrogen and oxygen atoms in total. The third-order valence-corrected chi connectivity index (χ3v) is 4.37. The largest absolute Gasteiger partial charge is 0.377 e. The van der Waals surface area contributed by atoms with E-state index in [1.807, 2.05) is 13.1 Å². The highest BCUT2D eigenvalue weighted by Gasteiger charge is 2.18. The Balaban J connectivity index is 1.88. The Morgan fingerprint density at radius 2 is 2.10 bits per heavy atom. The zero-order valence-corrected chi connectivity index (χ0v) is 12.5.